The van der Waals surface area contributed by atoms with Gasteiger partial charge in [0.15, 0.2) is 0 Å². The summed E-state index contributed by atoms with van der Waals surface area (Å²) in [5.74, 6) is 1.46. The van der Waals surface area contributed by atoms with Crippen molar-refractivity contribution in [3.63, 3.8) is 0 Å². The molecule has 0 radical (unpaired) electrons. The number of nitrogens with zero attached hydrogens (tertiary/aromatic N) is 2. The lowest BCUT2D eigenvalue weighted by Gasteiger charge is -2.07. The van der Waals surface area contributed by atoms with Crippen LogP contribution in [-0.2, 0) is 20.3 Å². The molecule has 0 atom stereocenters. The summed E-state index contributed by atoms with van der Waals surface area (Å²) >= 11 is 5.87. The second kappa shape index (κ2) is 5.21. The molecule has 1 aromatic heterocycles. The fourth-order valence-electron chi connectivity index (χ4n) is 1.44. The number of aliphatic hydroxyl groups is 1. The summed E-state index contributed by atoms with van der Waals surface area (Å²) < 4.78 is 7.34. The minimum atomic E-state index is 0.00539. The first-order valence-electron chi connectivity index (χ1n) is 5.19. The maximum Gasteiger partial charge on any atom is 0.147 e. The molecule has 0 saturated carbocycles. The molecule has 0 amide bonds. The highest BCUT2D eigenvalue weighted by Crippen LogP contribution is 2.16. The molecule has 2 aromatic rings. The third-order valence-electron chi connectivity index (χ3n) is 2.48. The van der Waals surface area contributed by atoms with E-state index in [-0.39, 0.29) is 6.61 Å². The third kappa shape index (κ3) is 2.78. The Morgan fingerprint density at radius 3 is 2.94 bits per heavy atom. The van der Waals surface area contributed by atoms with E-state index in [9.17, 15) is 0 Å². The number of aliphatic hydroxyl groups excluding tert-OH is 1. The van der Waals surface area contributed by atoms with Crippen LogP contribution in [0.15, 0.2) is 30.5 Å². The van der Waals surface area contributed by atoms with E-state index < -0.39 is 0 Å². The van der Waals surface area contributed by atoms with Gasteiger partial charge in [0, 0.05) is 7.05 Å². The maximum absolute atomic E-state index is 9.01. The van der Waals surface area contributed by atoms with E-state index in [1.807, 2.05) is 25.2 Å². The molecule has 0 fully saturated rings. The molecule has 5 heteroatoms. The van der Waals surface area contributed by atoms with E-state index in [0.717, 1.165) is 11.4 Å². The Balaban J connectivity index is 2.04. The summed E-state index contributed by atoms with van der Waals surface area (Å²) in [6.07, 6.45) is 1.59. The molecule has 1 N–H and O–H groups in total. The standard InChI is InChI=1S/C12H13ClN2O2/c1-15-11(13)6-14-12(15)8-17-10-4-2-3-9(5-10)7-16/h2-6,16H,7-8H2,1H3. The number of hydrogen-bond acceptors (Lipinski definition) is 3. The summed E-state index contributed by atoms with van der Waals surface area (Å²) in [7, 11) is 1.83. The van der Waals surface area contributed by atoms with Crippen molar-refractivity contribution in [2.75, 3.05) is 0 Å². The first-order chi connectivity index (χ1) is 8.20. The van der Waals surface area contributed by atoms with Crippen molar-refractivity contribution < 1.29 is 9.84 Å². The number of imidazole rings is 1. The molecule has 0 aliphatic rings. The molecule has 1 aromatic carbocycles. The molecule has 0 unspecified atom stereocenters. The van der Waals surface area contributed by atoms with Crippen LogP contribution in [-0.4, -0.2) is 14.7 Å². The lowest BCUT2D eigenvalue weighted by Crippen LogP contribution is -2.03. The molecular formula is C12H13ClN2O2. The predicted molar refractivity (Wildman–Crippen MR) is 64.9 cm³/mol. The Labute approximate surface area is 104 Å². The Kier molecular flexibility index (Phi) is 3.66. The van der Waals surface area contributed by atoms with Crippen LogP contribution in [0.3, 0.4) is 0 Å². The second-order valence-corrected chi connectivity index (χ2v) is 4.04. The van der Waals surface area contributed by atoms with Crippen LogP contribution in [0.5, 0.6) is 5.75 Å². The lowest BCUT2D eigenvalue weighted by atomic mass is 10.2. The number of halogens is 1. The van der Waals surface area contributed by atoms with E-state index >= 15 is 0 Å². The summed E-state index contributed by atoms with van der Waals surface area (Å²) in [5.41, 5.74) is 0.820. The van der Waals surface area contributed by atoms with Crippen molar-refractivity contribution in [3.8, 4) is 5.75 Å². The molecule has 4 nitrogen and oxygen atoms in total. The number of benzene rings is 1. The van der Waals surface area contributed by atoms with Gasteiger partial charge in [0.2, 0.25) is 0 Å². The van der Waals surface area contributed by atoms with Gasteiger partial charge >= 0.3 is 0 Å². The van der Waals surface area contributed by atoms with Gasteiger partial charge in [0.25, 0.3) is 0 Å². The van der Waals surface area contributed by atoms with Crippen LogP contribution in [0, 0.1) is 0 Å². The zero-order chi connectivity index (χ0) is 12.3. The van der Waals surface area contributed by atoms with Gasteiger partial charge in [-0.05, 0) is 17.7 Å². The van der Waals surface area contributed by atoms with Crippen molar-refractivity contribution >= 4 is 11.6 Å². The van der Waals surface area contributed by atoms with Crippen LogP contribution in [0.25, 0.3) is 0 Å². The highest BCUT2D eigenvalue weighted by Gasteiger charge is 2.05. The van der Waals surface area contributed by atoms with Gasteiger partial charge in [-0.2, -0.15) is 0 Å². The zero-order valence-electron chi connectivity index (χ0n) is 9.43. The van der Waals surface area contributed by atoms with Crippen LogP contribution in [0.4, 0.5) is 0 Å². The average molecular weight is 253 g/mol. The SMILES string of the molecule is Cn1c(Cl)cnc1COc1cccc(CO)c1. The first kappa shape index (κ1) is 12.0. The Hall–Kier alpha value is -1.52. The smallest absolute Gasteiger partial charge is 0.147 e. The van der Waals surface area contributed by atoms with E-state index in [1.165, 1.54) is 0 Å². The molecule has 0 spiro atoms. The first-order valence-corrected chi connectivity index (χ1v) is 5.57. The van der Waals surface area contributed by atoms with E-state index in [0.29, 0.717) is 17.5 Å². The number of rotatable bonds is 4. The summed E-state index contributed by atoms with van der Waals surface area (Å²) in [4.78, 5) is 4.13. The Morgan fingerprint density at radius 1 is 1.47 bits per heavy atom. The van der Waals surface area contributed by atoms with Crippen molar-refractivity contribution in [1.82, 2.24) is 9.55 Å². The normalized spacial score (nSPS) is 10.5. The fourth-order valence-corrected chi connectivity index (χ4v) is 1.59. The maximum atomic E-state index is 9.01. The van der Waals surface area contributed by atoms with Gasteiger partial charge in [-0.1, -0.05) is 23.7 Å². The van der Waals surface area contributed by atoms with Gasteiger partial charge in [0.05, 0.1) is 12.8 Å². The molecule has 0 bridgehead atoms. The monoisotopic (exact) mass is 252 g/mol. The van der Waals surface area contributed by atoms with Crippen molar-refractivity contribution in [2.24, 2.45) is 7.05 Å². The lowest BCUT2D eigenvalue weighted by molar-refractivity contribution is 0.275. The summed E-state index contributed by atoms with van der Waals surface area (Å²) in [5, 5.41) is 9.58. The van der Waals surface area contributed by atoms with Gasteiger partial charge in [-0.25, -0.2) is 4.98 Å². The summed E-state index contributed by atoms with van der Waals surface area (Å²) in [6.45, 7) is 0.351. The quantitative estimate of drug-likeness (QED) is 0.907. The fraction of sp³-hybridized carbons (Fsp3) is 0.250. The van der Waals surface area contributed by atoms with Gasteiger partial charge in [-0.3, -0.25) is 0 Å². The number of ether oxygens (including phenoxy) is 1. The van der Waals surface area contributed by atoms with Crippen LogP contribution >= 0.6 is 11.6 Å². The molecule has 0 saturated heterocycles. The van der Waals surface area contributed by atoms with E-state index in [1.54, 1.807) is 16.8 Å². The van der Waals surface area contributed by atoms with E-state index in [2.05, 4.69) is 4.98 Å². The van der Waals surface area contributed by atoms with Crippen LogP contribution in [0.1, 0.15) is 11.4 Å². The average Bonchev–Trinajstić information content (AvgIpc) is 2.68. The largest absolute Gasteiger partial charge is 0.486 e. The molecular weight excluding hydrogens is 240 g/mol. The molecule has 17 heavy (non-hydrogen) atoms. The topological polar surface area (TPSA) is 47.3 Å². The summed E-state index contributed by atoms with van der Waals surface area (Å²) in [6, 6.07) is 7.31. The predicted octanol–water partition coefficient (Wildman–Crippen LogP) is 2.14. The highest BCUT2D eigenvalue weighted by atomic mass is 35.5. The molecule has 0 aliphatic carbocycles. The van der Waals surface area contributed by atoms with Crippen LogP contribution < -0.4 is 4.74 Å². The zero-order valence-corrected chi connectivity index (χ0v) is 10.2. The second-order valence-electron chi connectivity index (χ2n) is 3.65. The van der Waals surface area contributed by atoms with Crippen molar-refractivity contribution in [2.45, 2.75) is 13.2 Å². The molecule has 2 rings (SSSR count). The third-order valence-corrected chi connectivity index (χ3v) is 2.83. The number of aromatic nitrogens is 2. The highest BCUT2D eigenvalue weighted by molar-refractivity contribution is 6.29. The molecule has 1 heterocycles. The van der Waals surface area contributed by atoms with E-state index in [4.69, 9.17) is 21.4 Å². The van der Waals surface area contributed by atoms with Gasteiger partial charge in [0.1, 0.15) is 23.3 Å². The minimum absolute atomic E-state index is 0.00539. The van der Waals surface area contributed by atoms with Gasteiger partial charge < -0.3 is 14.4 Å². The Bertz CT molecular complexity index is 511. The number of hydrogen-bond donors (Lipinski definition) is 1. The van der Waals surface area contributed by atoms with Crippen molar-refractivity contribution in [1.29, 1.82) is 0 Å². The van der Waals surface area contributed by atoms with Gasteiger partial charge in [-0.15, -0.1) is 0 Å². The Morgan fingerprint density at radius 2 is 2.29 bits per heavy atom. The molecule has 0 aliphatic heterocycles. The van der Waals surface area contributed by atoms with Crippen LogP contribution in [0.2, 0.25) is 5.15 Å². The van der Waals surface area contributed by atoms with Crippen molar-refractivity contribution in [3.05, 3.63) is 47.0 Å². The molecule has 90 valence electrons. The minimum Gasteiger partial charge on any atom is -0.486 e.